The summed E-state index contributed by atoms with van der Waals surface area (Å²) >= 11 is 0. The summed E-state index contributed by atoms with van der Waals surface area (Å²) in [5.74, 6) is -0.401. The van der Waals surface area contributed by atoms with Crippen molar-refractivity contribution in [1.82, 2.24) is 0 Å². The maximum Gasteiger partial charge on any atom is 0.255 e. The second kappa shape index (κ2) is 5.57. The number of anilines is 2. The molecule has 0 aliphatic rings. The normalized spacial score (nSPS) is 11.1. The molecule has 6 heteroatoms. The third-order valence-corrected chi connectivity index (χ3v) is 4.18. The largest absolute Gasteiger partial charge is 0.397 e. The molecule has 110 valence electrons. The molecule has 0 saturated carbocycles. The molecule has 0 fully saturated rings. The predicted octanol–water partition coefficient (Wildman–Crippen LogP) is 2.23. The van der Waals surface area contributed by atoms with Gasteiger partial charge in [0.25, 0.3) is 5.91 Å². The Morgan fingerprint density at radius 3 is 2.43 bits per heavy atom. The van der Waals surface area contributed by atoms with E-state index in [0.29, 0.717) is 11.4 Å². The van der Waals surface area contributed by atoms with Gasteiger partial charge in [0.15, 0.2) is 9.84 Å². The minimum absolute atomic E-state index is 0.105. The number of carbonyl (C=O) groups excluding carboxylic acids is 1. The van der Waals surface area contributed by atoms with E-state index in [1.165, 1.54) is 18.2 Å². The lowest BCUT2D eigenvalue weighted by molar-refractivity contribution is 0.102. The van der Waals surface area contributed by atoms with E-state index < -0.39 is 15.7 Å². The maximum absolute atomic E-state index is 12.2. The first-order valence-corrected chi connectivity index (χ1v) is 8.15. The molecule has 0 aliphatic carbocycles. The molecule has 2 aromatic carbocycles. The van der Waals surface area contributed by atoms with Crippen molar-refractivity contribution in [2.75, 3.05) is 17.3 Å². The molecule has 0 atom stereocenters. The van der Waals surface area contributed by atoms with Crippen LogP contribution in [-0.4, -0.2) is 20.6 Å². The van der Waals surface area contributed by atoms with Gasteiger partial charge in [0, 0.05) is 11.8 Å². The van der Waals surface area contributed by atoms with Crippen LogP contribution < -0.4 is 11.1 Å². The van der Waals surface area contributed by atoms with Crippen LogP contribution in [0, 0.1) is 6.92 Å². The van der Waals surface area contributed by atoms with Gasteiger partial charge in [0.1, 0.15) is 0 Å². The zero-order valence-corrected chi connectivity index (χ0v) is 12.6. The van der Waals surface area contributed by atoms with E-state index in [4.69, 9.17) is 5.73 Å². The van der Waals surface area contributed by atoms with Crippen molar-refractivity contribution in [1.29, 1.82) is 0 Å². The highest BCUT2D eigenvalue weighted by molar-refractivity contribution is 7.90. The lowest BCUT2D eigenvalue weighted by Gasteiger charge is -2.11. The van der Waals surface area contributed by atoms with Gasteiger partial charge in [-0.15, -0.1) is 0 Å². The van der Waals surface area contributed by atoms with Crippen LogP contribution in [0.3, 0.4) is 0 Å². The van der Waals surface area contributed by atoms with Crippen LogP contribution in [0.5, 0.6) is 0 Å². The fourth-order valence-electron chi connectivity index (χ4n) is 1.91. The number of sulfone groups is 1. The minimum Gasteiger partial charge on any atom is -0.397 e. The highest BCUT2D eigenvalue weighted by Gasteiger charge is 2.13. The Kier molecular flexibility index (Phi) is 3.99. The summed E-state index contributed by atoms with van der Waals surface area (Å²) in [7, 11) is -3.35. The van der Waals surface area contributed by atoms with Crippen LogP contribution in [0.2, 0.25) is 0 Å². The molecule has 5 nitrogen and oxygen atoms in total. The van der Waals surface area contributed by atoms with Crippen LogP contribution >= 0.6 is 0 Å². The van der Waals surface area contributed by atoms with Crippen LogP contribution in [0.4, 0.5) is 11.4 Å². The number of aryl methyl sites for hydroxylation is 1. The molecule has 0 unspecified atom stereocenters. The van der Waals surface area contributed by atoms with Gasteiger partial charge in [-0.25, -0.2) is 8.42 Å². The van der Waals surface area contributed by atoms with Gasteiger partial charge < -0.3 is 11.1 Å². The molecule has 0 bridgehead atoms. The number of carbonyl (C=O) groups is 1. The summed E-state index contributed by atoms with van der Waals surface area (Å²) in [4.78, 5) is 12.3. The average molecular weight is 304 g/mol. The Labute approximate surface area is 123 Å². The summed E-state index contributed by atoms with van der Waals surface area (Å²) in [5.41, 5.74) is 7.93. The van der Waals surface area contributed by atoms with Gasteiger partial charge >= 0.3 is 0 Å². The summed E-state index contributed by atoms with van der Waals surface area (Å²) in [5, 5.41) is 2.71. The molecule has 0 radical (unpaired) electrons. The third-order valence-electron chi connectivity index (χ3n) is 3.07. The molecule has 2 rings (SSSR count). The Hall–Kier alpha value is -2.34. The third kappa shape index (κ3) is 3.41. The monoisotopic (exact) mass is 304 g/mol. The molecule has 0 heterocycles. The summed E-state index contributed by atoms with van der Waals surface area (Å²) < 4.78 is 23.0. The van der Waals surface area contributed by atoms with Crippen LogP contribution in [0.25, 0.3) is 0 Å². The van der Waals surface area contributed by atoms with Gasteiger partial charge in [-0.05, 0) is 36.8 Å². The average Bonchev–Trinajstić information content (AvgIpc) is 2.42. The van der Waals surface area contributed by atoms with Gasteiger partial charge in [-0.1, -0.05) is 18.2 Å². The first-order chi connectivity index (χ1) is 9.79. The van der Waals surface area contributed by atoms with E-state index in [-0.39, 0.29) is 10.5 Å². The predicted molar refractivity (Wildman–Crippen MR) is 83.1 cm³/mol. The quantitative estimate of drug-likeness (QED) is 0.851. The van der Waals surface area contributed by atoms with Gasteiger partial charge in [-0.3, -0.25) is 4.79 Å². The SMILES string of the molecule is Cc1cccc(N)c1NC(=O)c1cccc(S(C)(=O)=O)c1. The van der Waals surface area contributed by atoms with Crippen molar-refractivity contribution >= 4 is 27.1 Å². The molecule has 2 aromatic rings. The Morgan fingerprint density at radius 1 is 1.14 bits per heavy atom. The lowest BCUT2D eigenvalue weighted by Crippen LogP contribution is -2.14. The molecule has 3 N–H and O–H groups in total. The molecule has 0 aliphatic heterocycles. The van der Waals surface area contributed by atoms with Crippen LogP contribution in [0.1, 0.15) is 15.9 Å². The molecule has 1 amide bonds. The second-order valence-corrected chi connectivity index (χ2v) is 6.81. The van der Waals surface area contributed by atoms with E-state index in [2.05, 4.69) is 5.32 Å². The number of para-hydroxylation sites is 1. The van der Waals surface area contributed by atoms with Gasteiger partial charge in [0.05, 0.1) is 16.3 Å². The van der Waals surface area contributed by atoms with Crippen LogP contribution in [-0.2, 0) is 9.84 Å². The van der Waals surface area contributed by atoms with E-state index in [1.807, 2.05) is 13.0 Å². The van der Waals surface area contributed by atoms with E-state index in [9.17, 15) is 13.2 Å². The molecular weight excluding hydrogens is 288 g/mol. The van der Waals surface area contributed by atoms with Gasteiger partial charge in [0.2, 0.25) is 0 Å². The fourth-order valence-corrected chi connectivity index (χ4v) is 2.58. The van der Waals surface area contributed by atoms with Crippen molar-refractivity contribution in [2.45, 2.75) is 11.8 Å². The van der Waals surface area contributed by atoms with E-state index in [1.54, 1.807) is 18.2 Å². The molecule has 0 aromatic heterocycles. The Balaban J connectivity index is 2.34. The number of rotatable bonds is 3. The van der Waals surface area contributed by atoms with Crippen LogP contribution in [0.15, 0.2) is 47.4 Å². The highest BCUT2D eigenvalue weighted by atomic mass is 32.2. The summed E-state index contributed by atoms with van der Waals surface area (Å²) in [6.45, 7) is 1.83. The second-order valence-electron chi connectivity index (χ2n) is 4.79. The van der Waals surface area contributed by atoms with Crippen molar-refractivity contribution in [3.05, 3.63) is 53.6 Å². The van der Waals surface area contributed by atoms with Crippen molar-refractivity contribution in [2.24, 2.45) is 0 Å². The molecular formula is C15H16N2O3S. The number of amides is 1. The van der Waals surface area contributed by atoms with Crippen molar-refractivity contribution in [3.8, 4) is 0 Å². The lowest BCUT2D eigenvalue weighted by atomic mass is 10.1. The fraction of sp³-hybridized carbons (Fsp3) is 0.133. The Morgan fingerprint density at radius 2 is 1.81 bits per heavy atom. The highest BCUT2D eigenvalue weighted by Crippen LogP contribution is 2.23. The molecule has 21 heavy (non-hydrogen) atoms. The number of hydrogen-bond donors (Lipinski definition) is 2. The van der Waals surface area contributed by atoms with Gasteiger partial charge in [-0.2, -0.15) is 0 Å². The smallest absolute Gasteiger partial charge is 0.255 e. The molecule has 0 spiro atoms. The maximum atomic E-state index is 12.2. The van der Waals surface area contributed by atoms with E-state index >= 15 is 0 Å². The number of nitrogens with two attached hydrogens (primary N) is 1. The number of benzene rings is 2. The first kappa shape index (κ1) is 15.1. The zero-order valence-electron chi connectivity index (χ0n) is 11.8. The summed E-state index contributed by atoms with van der Waals surface area (Å²) in [6.07, 6.45) is 1.10. The number of hydrogen-bond acceptors (Lipinski definition) is 4. The Bertz CT molecular complexity index is 778. The number of nitrogen functional groups attached to an aromatic ring is 1. The van der Waals surface area contributed by atoms with Crippen molar-refractivity contribution in [3.63, 3.8) is 0 Å². The molecule has 0 saturated heterocycles. The zero-order chi connectivity index (χ0) is 15.6. The van der Waals surface area contributed by atoms with Crippen molar-refractivity contribution < 1.29 is 13.2 Å². The topological polar surface area (TPSA) is 89.3 Å². The van der Waals surface area contributed by atoms with E-state index in [0.717, 1.165) is 11.8 Å². The number of nitrogens with one attached hydrogen (secondary N) is 1. The standard InChI is InChI=1S/C15H16N2O3S/c1-10-5-3-8-13(16)14(10)17-15(18)11-6-4-7-12(9-11)21(2,19)20/h3-9H,16H2,1-2H3,(H,17,18). The first-order valence-electron chi connectivity index (χ1n) is 6.25. The summed E-state index contributed by atoms with van der Waals surface area (Å²) in [6, 6.07) is 11.2. The minimum atomic E-state index is -3.35.